The summed E-state index contributed by atoms with van der Waals surface area (Å²) in [6.45, 7) is 3.24. The van der Waals surface area contributed by atoms with E-state index in [0.717, 1.165) is 4.90 Å². The van der Waals surface area contributed by atoms with Crippen LogP contribution in [0.1, 0.15) is 31.4 Å². The molecule has 1 heterocycles. The third-order valence-corrected chi connectivity index (χ3v) is 6.50. The van der Waals surface area contributed by atoms with Crippen molar-refractivity contribution in [1.29, 1.82) is 0 Å². The maximum Gasteiger partial charge on any atom is 0.326 e. The minimum Gasteiger partial charge on any atom is -0.480 e. The molecular weight excluding hydrogens is 506 g/mol. The molecule has 0 bridgehead atoms. The van der Waals surface area contributed by atoms with E-state index in [0.29, 0.717) is 22.5 Å². The third kappa shape index (κ3) is 6.59. The van der Waals surface area contributed by atoms with Crippen molar-refractivity contribution in [2.24, 2.45) is 16.6 Å². The molecule has 3 amide bonds. The Hall–Kier alpha value is -3.70. The summed E-state index contributed by atoms with van der Waals surface area (Å²) >= 11 is 4.10. The van der Waals surface area contributed by atoms with Gasteiger partial charge in [-0.1, -0.05) is 62.4 Å². The van der Waals surface area contributed by atoms with E-state index >= 15 is 0 Å². The highest BCUT2D eigenvalue weighted by atomic mass is 32.1. The molecule has 2 aromatic rings. The van der Waals surface area contributed by atoms with Crippen LogP contribution in [-0.2, 0) is 19.2 Å². The molecule has 3 atom stereocenters. The summed E-state index contributed by atoms with van der Waals surface area (Å²) in [5, 5.41) is 12.1. The number of benzodiazepines with no additional fused rings is 1. The SMILES string of the molecule is CC(C)C[C@H](NC(=O)CN1C(=O)C(N(C)C(=O)C(N)CS)N=C(c2ccccc2)c2ccccc21)C(=O)O. The molecule has 38 heavy (non-hydrogen) atoms. The normalized spacial score (nSPS) is 16.7. The molecular formula is C27H33N5O5S. The van der Waals surface area contributed by atoms with Gasteiger partial charge in [0.05, 0.1) is 17.4 Å². The number of carbonyl (C=O) groups excluding carboxylic acids is 3. The van der Waals surface area contributed by atoms with Crippen LogP contribution in [0.4, 0.5) is 5.69 Å². The Bertz CT molecular complexity index is 1220. The highest BCUT2D eigenvalue weighted by Crippen LogP contribution is 2.29. The lowest BCUT2D eigenvalue weighted by Crippen LogP contribution is -2.55. The zero-order chi connectivity index (χ0) is 28.0. The summed E-state index contributed by atoms with van der Waals surface area (Å²) in [6.07, 6.45) is -1.09. The fourth-order valence-electron chi connectivity index (χ4n) is 4.19. The number of benzene rings is 2. The van der Waals surface area contributed by atoms with Gasteiger partial charge in [-0.2, -0.15) is 12.6 Å². The minimum absolute atomic E-state index is 0.0267. The lowest BCUT2D eigenvalue weighted by atomic mass is 10.00. The second-order valence-electron chi connectivity index (χ2n) is 9.49. The van der Waals surface area contributed by atoms with Gasteiger partial charge in [0.15, 0.2) is 0 Å². The van der Waals surface area contributed by atoms with Crippen LogP contribution in [0.2, 0.25) is 0 Å². The molecule has 0 saturated carbocycles. The van der Waals surface area contributed by atoms with Crippen molar-refractivity contribution in [3.63, 3.8) is 0 Å². The van der Waals surface area contributed by atoms with Gasteiger partial charge in [-0.25, -0.2) is 9.79 Å². The number of carboxylic acid groups (broad SMARTS) is 1. The van der Waals surface area contributed by atoms with E-state index < -0.39 is 48.5 Å². The second-order valence-corrected chi connectivity index (χ2v) is 9.85. The second kappa shape index (κ2) is 12.7. The predicted molar refractivity (Wildman–Crippen MR) is 148 cm³/mol. The first kappa shape index (κ1) is 28.9. The number of likely N-dealkylation sites (N-methyl/N-ethyl adjacent to an activating group) is 1. The largest absolute Gasteiger partial charge is 0.480 e. The number of anilines is 1. The average molecular weight is 540 g/mol. The van der Waals surface area contributed by atoms with Crippen LogP contribution in [-0.4, -0.2) is 77.0 Å². The zero-order valence-electron chi connectivity index (χ0n) is 21.6. The molecule has 4 N–H and O–H groups in total. The number of carboxylic acids is 1. The maximum absolute atomic E-state index is 13.9. The summed E-state index contributed by atoms with van der Waals surface area (Å²) in [7, 11) is 1.43. The Balaban J connectivity index is 2.08. The first-order valence-electron chi connectivity index (χ1n) is 12.2. The number of amides is 3. The first-order valence-corrected chi connectivity index (χ1v) is 12.9. The summed E-state index contributed by atoms with van der Waals surface area (Å²) in [6, 6.07) is 14.1. The van der Waals surface area contributed by atoms with Crippen LogP contribution in [0, 0.1) is 5.92 Å². The summed E-state index contributed by atoms with van der Waals surface area (Å²) in [5.41, 5.74) is 8.09. The number of para-hydroxylation sites is 1. The Kier molecular flexibility index (Phi) is 9.65. The monoisotopic (exact) mass is 539 g/mol. The van der Waals surface area contributed by atoms with Crippen LogP contribution >= 0.6 is 12.6 Å². The summed E-state index contributed by atoms with van der Waals surface area (Å²) in [4.78, 5) is 58.8. The number of nitrogens with zero attached hydrogens (tertiary/aromatic N) is 3. The molecule has 3 rings (SSSR count). The van der Waals surface area contributed by atoms with Gasteiger partial charge in [0, 0.05) is 23.9 Å². The lowest BCUT2D eigenvalue weighted by Gasteiger charge is -2.30. The van der Waals surface area contributed by atoms with Crippen molar-refractivity contribution in [1.82, 2.24) is 10.2 Å². The van der Waals surface area contributed by atoms with Crippen molar-refractivity contribution in [3.8, 4) is 0 Å². The molecule has 11 heteroatoms. The molecule has 0 saturated heterocycles. The van der Waals surface area contributed by atoms with Gasteiger partial charge in [0.1, 0.15) is 12.6 Å². The number of nitrogens with one attached hydrogen (secondary N) is 1. The number of nitrogens with two attached hydrogens (primary N) is 1. The van der Waals surface area contributed by atoms with Crippen molar-refractivity contribution in [2.45, 2.75) is 38.5 Å². The Morgan fingerprint density at radius 1 is 1.13 bits per heavy atom. The van der Waals surface area contributed by atoms with E-state index in [2.05, 4.69) is 17.9 Å². The standard InChI is InChI=1S/C27H33N5O5S/c1-16(2)13-20(27(36)37)29-22(33)14-32-21-12-8-7-11-18(21)23(17-9-5-4-6-10-17)30-24(26(32)35)31(3)25(34)19(28)15-38/h4-12,16,19-20,24,38H,13-15,28H2,1-3H3,(H,29,33)(H,36,37)/t19?,20-,24?/m0/s1. The van der Waals surface area contributed by atoms with Crippen molar-refractivity contribution < 1.29 is 24.3 Å². The average Bonchev–Trinajstić information content (AvgIpc) is 3.02. The van der Waals surface area contributed by atoms with Gasteiger partial charge in [-0.3, -0.25) is 19.3 Å². The molecule has 202 valence electrons. The molecule has 0 aromatic heterocycles. The summed E-state index contributed by atoms with van der Waals surface area (Å²) < 4.78 is 0. The fourth-order valence-corrected chi connectivity index (χ4v) is 4.35. The number of thiol groups is 1. The van der Waals surface area contributed by atoms with Crippen LogP contribution < -0.4 is 16.0 Å². The third-order valence-electron chi connectivity index (χ3n) is 6.11. The van der Waals surface area contributed by atoms with Crippen LogP contribution in [0.5, 0.6) is 0 Å². The van der Waals surface area contributed by atoms with Gasteiger partial charge in [-0.15, -0.1) is 0 Å². The van der Waals surface area contributed by atoms with E-state index in [-0.39, 0.29) is 18.1 Å². The predicted octanol–water partition coefficient (Wildman–Crippen LogP) is 1.53. The first-order chi connectivity index (χ1) is 18.0. The van der Waals surface area contributed by atoms with Crippen molar-refractivity contribution in [3.05, 3.63) is 65.7 Å². The number of aliphatic imine (C=N–C) groups is 1. The highest BCUT2D eigenvalue weighted by Gasteiger charge is 2.38. The van der Waals surface area contributed by atoms with Gasteiger partial charge in [-0.05, 0) is 18.4 Å². The summed E-state index contributed by atoms with van der Waals surface area (Å²) in [5.74, 6) is -2.88. The van der Waals surface area contributed by atoms with E-state index in [9.17, 15) is 24.3 Å². The highest BCUT2D eigenvalue weighted by molar-refractivity contribution is 7.80. The Morgan fingerprint density at radius 3 is 2.37 bits per heavy atom. The van der Waals surface area contributed by atoms with Crippen LogP contribution in [0.15, 0.2) is 59.6 Å². The molecule has 1 aliphatic rings. The number of carbonyl (C=O) groups is 4. The quantitative estimate of drug-likeness (QED) is 0.337. The topological polar surface area (TPSA) is 145 Å². The van der Waals surface area contributed by atoms with E-state index in [1.54, 1.807) is 24.3 Å². The number of hydrogen-bond donors (Lipinski definition) is 4. The van der Waals surface area contributed by atoms with Gasteiger partial charge in [0.25, 0.3) is 5.91 Å². The molecule has 2 aromatic carbocycles. The van der Waals surface area contributed by atoms with Gasteiger partial charge >= 0.3 is 5.97 Å². The molecule has 1 aliphatic heterocycles. The Morgan fingerprint density at radius 2 is 1.76 bits per heavy atom. The maximum atomic E-state index is 13.9. The molecule has 2 unspecified atom stereocenters. The van der Waals surface area contributed by atoms with Crippen LogP contribution in [0.25, 0.3) is 0 Å². The van der Waals surface area contributed by atoms with Crippen LogP contribution in [0.3, 0.4) is 0 Å². The molecule has 10 nitrogen and oxygen atoms in total. The molecule has 0 spiro atoms. The van der Waals surface area contributed by atoms with Gasteiger partial charge < -0.3 is 21.1 Å². The Labute approximate surface area is 227 Å². The van der Waals surface area contributed by atoms with E-state index in [1.165, 1.54) is 11.9 Å². The molecule has 0 radical (unpaired) electrons. The number of fused-ring (bicyclic) bond motifs is 1. The number of rotatable bonds is 10. The molecule has 0 fully saturated rings. The number of aliphatic carboxylic acids is 1. The minimum atomic E-state index is -1.32. The molecule has 0 aliphatic carbocycles. The van der Waals surface area contributed by atoms with Crippen molar-refractivity contribution in [2.75, 3.05) is 24.2 Å². The number of hydrogen-bond acceptors (Lipinski definition) is 7. The smallest absolute Gasteiger partial charge is 0.326 e. The van der Waals surface area contributed by atoms with Gasteiger partial charge in [0.2, 0.25) is 18.0 Å². The lowest BCUT2D eigenvalue weighted by molar-refractivity contribution is -0.142. The van der Waals surface area contributed by atoms with Crippen molar-refractivity contribution >= 4 is 47.7 Å². The fraction of sp³-hybridized carbons (Fsp3) is 0.370. The van der Waals surface area contributed by atoms with E-state index in [4.69, 9.17) is 10.7 Å². The zero-order valence-corrected chi connectivity index (χ0v) is 22.5. The van der Waals surface area contributed by atoms with E-state index in [1.807, 2.05) is 44.2 Å².